The number of rotatable bonds is 3. The molecule has 0 bridgehead atoms. The Kier molecular flexibility index (Phi) is 5.99. The minimum absolute atomic E-state index is 0.910. The van der Waals surface area contributed by atoms with Gasteiger partial charge in [-0.25, -0.2) is 4.98 Å². The van der Waals surface area contributed by atoms with Gasteiger partial charge < -0.3 is 0 Å². The molecule has 236 valence electrons. The number of hydrogen-bond donors (Lipinski definition) is 0. The van der Waals surface area contributed by atoms with E-state index in [1.807, 2.05) is 0 Å². The Balaban J connectivity index is 1.31. The average Bonchev–Trinajstić information content (AvgIpc) is 3.53. The van der Waals surface area contributed by atoms with E-state index in [-0.39, 0.29) is 0 Å². The van der Waals surface area contributed by atoms with Gasteiger partial charge in [-0.1, -0.05) is 152 Å². The monoisotopic (exact) mass is 646 g/mol. The maximum Gasteiger partial charge on any atom is 0.138 e. The van der Waals surface area contributed by atoms with Gasteiger partial charge in [-0.3, -0.25) is 4.57 Å². The fourth-order valence-corrected chi connectivity index (χ4v) is 8.52. The van der Waals surface area contributed by atoms with Gasteiger partial charge in [-0.2, -0.15) is 0 Å². The maximum absolute atomic E-state index is 5.41. The van der Waals surface area contributed by atoms with Crippen LogP contribution in [0.2, 0.25) is 0 Å². The number of hydrogen-bond acceptors (Lipinski definition) is 1. The van der Waals surface area contributed by atoms with E-state index in [9.17, 15) is 0 Å². The molecule has 2 aromatic heterocycles. The van der Waals surface area contributed by atoms with E-state index in [0.717, 1.165) is 22.2 Å². The van der Waals surface area contributed by atoms with Gasteiger partial charge in [0.15, 0.2) is 0 Å². The highest BCUT2D eigenvalue weighted by Gasteiger charge is 2.22. The van der Waals surface area contributed by atoms with Gasteiger partial charge in [0.25, 0.3) is 0 Å². The van der Waals surface area contributed by atoms with Crippen molar-refractivity contribution in [1.29, 1.82) is 0 Å². The molecule has 0 aliphatic rings. The van der Waals surface area contributed by atoms with Gasteiger partial charge in [0.2, 0.25) is 0 Å². The second kappa shape index (κ2) is 10.9. The molecule has 0 atom stereocenters. The molecule has 0 saturated heterocycles. The highest BCUT2D eigenvalue weighted by atomic mass is 15.1. The van der Waals surface area contributed by atoms with Crippen LogP contribution in [0.1, 0.15) is 0 Å². The predicted octanol–water partition coefficient (Wildman–Crippen LogP) is 13.3. The normalized spacial score (nSPS) is 11.9. The van der Waals surface area contributed by atoms with Crippen LogP contribution in [0, 0.1) is 0 Å². The molecule has 11 aromatic rings. The first-order valence-electron chi connectivity index (χ1n) is 17.6. The third kappa shape index (κ3) is 4.14. The molecule has 2 heterocycles. The van der Waals surface area contributed by atoms with Crippen LogP contribution >= 0.6 is 0 Å². The van der Waals surface area contributed by atoms with E-state index in [4.69, 9.17) is 4.98 Å². The zero-order valence-corrected chi connectivity index (χ0v) is 27.7. The first-order valence-corrected chi connectivity index (χ1v) is 17.6. The number of para-hydroxylation sites is 2. The van der Waals surface area contributed by atoms with Gasteiger partial charge in [0.1, 0.15) is 5.82 Å². The van der Waals surface area contributed by atoms with E-state index in [0.29, 0.717) is 0 Å². The molecule has 0 N–H and O–H groups in total. The molecule has 0 unspecified atom stereocenters. The number of fused-ring (bicyclic) bond motifs is 11. The van der Waals surface area contributed by atoms with Crippen LogP contribution < -0.4 is 0 Å². The fraction of sp³-hybridized carbons (Fsp3) is 0. The molecule has 2 nitrogen and oxygen atoms in total. The summed E-state index contributed by atoms with van der Waals surface area (Å²) >= 11 is 0. The standard InChI is InChI=1S/C49H30N2/c1-2-14-31(15-3-1)42-30-47(50-45-24-12-10-22-40(42)45)51-46-25-13-11-23-41(46)44-28-32-16-4-5-17-34(32)48(49(44)51)33-26-27-39-37-20-7-6-18-35(37)36-19-8-9-21-38(36)43(39)29-33/h1-30H. The summed E-state index contributed by atoms with van der Waals surface area (Å²) in [7, 11) is 0. The summed E-state index contributed by atoms with van der Waals surface area (Å²) in [5.74, 6) is 0.910. The summed E-state index contributed by atoms with van der Waals surface area (Å²) in [5, 5.41) is 13.7. The second-order valence-electron chi connectivity index (χ2n) is 13.5. The lowest BCUT2D eigenvalue weighted by Gasteiger charge is -2.17. The van der Waals surface area contributed by atoms with E-state index >= 15 is 0 Å². The SMILES string of the molecule is c1ccc(-c2cc(-n3c4ccccc4c4cc5ccccc5c(-c5ccc6c7ccccc7c7ccccc7c6c5)c43)nc3ccccc23)cc1. The molecule has 0 radical (unpaired) electrons. The predicted molar refractivity (Wildman–Crippen MR) is 217 cm³/mol. The summed E-state index contributed by atoms with van der Waals surface area (Å²) in [6.45, 7) is 0. The molecule has 0 aliphatic heterocycles. The van der Waals surface area contributed by atoms with E-state index in [2.05, 4.69) is 187 Å². The largest absolute Gasteiger partial charge is 0.293 e. The van der Waals surface area contributed by atoms with Crippen LogP contribution in [0.15, 0.2) is 182 Å². The lowest BCUT2D eigenvalue weighted by molar-refractivity contribution is 1.10. The van der Waals surface area contributed by atoms with Crippen molar-refractivity contribution in [3.05, 3.63) is 182 Å². The zero-order chi connectivity index (χ0) is 33.5. The Morgan fingerprint density at radius 2 is 0.922 bits per heavy atom. The minimum atomic E-state index is 0.910. The second-order valence-corrected chi connectivity index (χ2v) is 13.5. The highest BCUT2D eigenvalue weighted by molar-refractivity contribution is 6.27. The van der Waals surface area contributed by atoms with Gasteiger partial charge >= 0.3 is 0 Å². The molecular weight excluding hydrogens is 617 g/mol. The van der Waals surface area contributed by atoms with Crippen molar-refractivity contribution in [3.8, 4) is 28.1 Å². The number of aromatic nitrogens is 2. The smallest absolute Gasteiger partial charge is 0.138 e. The van der Waals surface area contributed by atoms with E-state index < -0.39 is 0 Å². The third-order valence-corrected chi connectivity index (χ3v) is 10.7. The first kappa shape index (κ1) is 28.1. The Bertz CT molecular complexity index is 3150. The van der Waals surface area contributed by atoms with Crippen molar-refractivity contribution in [2.75, 3.05) is 0 Å². The van der Waals surface area contributed by atoms with Crippen molar-refractivity contribution in [3.63, 3.8) is 0 Å². The molecule has 2 heteroatoms. The van der Waals surface area contributed by atoms with E-state index in [1.165, 1.54) is 81.6 Å². The summed E-state index contributed by atoms with van der Waals surface area (Å²) in [5.41, 5.74) is 8.05. The summed E-state index contributed by atoms with van der Waals surface area (Å²) in [6, 6.07) is 66.2. The highest BCUT2D eigenvalue weighted by Crippen LogP contribution is 2.45. The lowest BCUT2D eigenvalue weighted by Crippen LogP contribution is -2.01. The minimum Gasteiger partial charge on any atom is -0.293 e. The summed E-state index contributed by atoms with van der Waals surface area (Å²) in [4.78, 5) is 5.41. The van der Waals surface area contributed by atoms with E-state index in [1.54, 1.807) is 0 Å². The molecular formula is C49H30N2. The molecule has 0 spiro atoms. The number of benzene rings is 9. The van der Waals surface area contributed by atoms with Crippen LogP contribution in [0.5, 0.6) is 0 Å². The van der Waals surface area contributed by atoms with Crippen LogP contribution in [0.4, 0.5) is 0 Å². The van der Waals surface area contributed by atoms with Crippen LogP contribution in [0.3, 0.4) is 0 Å². The van der Waals surface area contributed by atoms with Crippen molar-refractivity contribution < 1.29 is 0 Å². The van der Waals surface area contributed by atoms with Gasteiger partial charge in [0.05, 0.1) is 16.6 Å². The third-order valence-electron chi connectivity index (χ3n) is 10.7. The molecule has 0 saturated carbocycles. The van der Waals surface area contributed by atoms with Crippen LogP contribution in [-0.2, 0) is 0 Å². The van der Waals surface area contributed by atoms with Crippen LogP contribution in [0.25, 0.3) is 104 Å². The Hall–Kier alpha value is -6.77. The van der Waals surface area contributed by atoms with Gasteiger partial charge in [0, 0.05) is 21.7 Å². The van der Waals surface area contributed by atoms with Crippen molar-refractivity contribution in [2.45, 2.75) is 0 Å². The summed E-state index contributed by atoms with van der Waals surface area (Å²) in [6.07, 6.45) is 0. The Morgan fingerprint density at radius 1 is 0.353 bits per heavy atom. The lowest BCUT2D eigenvalue weighted by atomic mass is 9.90. The van der Waals surface area contributed by atoms with Gasteiger partial charge in [-0.15, -0.1) is 0 Å². The fourth-order valence-electron chi connectivity index (χ4n) is 8.52. The van der Waals surface area contributed by atoms with Crippen molar-refractivity contribution >= 4 is 75.8 Å². The quantitative estimate of drug-likeness (QED) is 0.175. The van der Waals surface area contributed by atoms with Crippen molar-refractivity contribution in [1.82, 2.24) is 9.55 Å². The van der Waals surface area contributed by atoms with Crippen LogP contribution in [-0.4, -0.2) is 9.55 Å². The topological polar surface area (TPSA) is 17.8 Å². The molecule has 0 amide bonds. The maximum atomic E-state index is 5.41. The first-order chi connectivity index (χ1) is 25.3. The Morgan fingerprint density at radius 3 is 1.67 bits per heavy atom. The average molecular weight is 647 g/mol. The molecule has 51 heavy (non-hydrogen) atoms. The summed E-state index contributed by atoms with van der Waals surface area (Å²) < 4.78 is 2.41. The molecule has 11 rings (SSSR count). The number of nitrogens with zero attached hydrogens (tertiary/aromatic N) is 2. The molecule has 9 aromatic carbocycles. The molecule has 0 fully saturated rings. The Labute approximate surface area is 294 Å². The zero-order valence-electron chi connectivity index (χ0n) is 27.7. The van der Waals surface area contributed by atoms with Crippen molar-refractivity contribution in [2.24, 2.45) is 0 Å². The molecule has 0 aliphatic carbocycles. The number of pyridine rings is 1. The van der Waals surface area contributed by atoms with Gasteiger partial charge in [-0.05, 0) is 90.1 Å².